The minimum Gasteiger partial charge on any atom is -0.493 e. The molecule has 1 saturated carbocycles. The van der Waals surface area contributed by atoms with Crippen LogP contribution in [0.5, 0.6) is 5.75 Å². The molecule has 7 nitrogen and oxygen atoms in total. The summed E-state index contributed by atoms with van der Waals surface area (Å²) in [6.07, 6.45) is 8.52. The predicted octanol–water partition coefficient (Wildman–Crippen LogP) is 3.90. The van der Waals surface area contributed by atoms with Crippen LogP contribution in [0.3, 0.4) is 0 Å². The first-order chi connectivity index (χ1) is 14.6. The van der Waals surface area contributed by atoms with Crippen LogP contribution < -0.4 is 10.1 Å². The Morgan fingerprint density at radius 3 is 2.74 bits per heavy atom. The number of hydrogen-bond acceptors (Lipinski definition) is 5. The van der Waals surface area contributed by atoms with E-state index in [9.17, 15) is 18.0 Å². The maximum Gasteiger partial charge on any atom is 0.328 e. The van der Waals surface area contributed by atoms with Gasteiger partial charge in [0.25, 0.3) is 0 Å². The Hall–Kier alpha value is -2.35. The second kappa shape index (κ2) is 9.85. The number of unbranched alkanes of at least 4 members (excludes halogenated alkanes) is 1. The monoisotopic (exact) mass is 448 g/mol. The largest absolute Gasteiger partial charge is 0.493 e. The van der Waals surface area contributed by atoms with Crippen molar-refractivity contribution in [3.05, 3.63) is 36.5 Å². The molecule has 31 heavy (non-hydrogen) atoms. The van der Waals surface area contributed by atoms with Gasteiger partial charge in [0.05, 0.1) is 17.3 Å². The normalized spacial score (nSPS) is 17.8. The molecule has 0 aromatic heterocycles. The van der Waals surface area contributed by atoms with Crippen LogP contribution in [-0.4, -0.2) is 44.2 Å². The van der Waals surface area contributed by atoms with Crippen LogP contribution in [0.1, 0.15) is 52.4 Å². The number of carbonyl (C=O) groups excluding carboxylic acids is 2. The number of benzene rings is 1. The molecule has 0 bridgehead atoms. The Labute approximate surface area is 184 Å². The van der Waals surface area contributed by atoms with Gasteiger partial charge in [0.2, 0.25) is 5.91 Å². The number of imide groups is 1. The maximum absolute atomic E-state index is 13.0. The van der Waals surface area contributed by atoms with Crippen molar-refractivity contribution in [1.29, 1.82) is 0 Å². The Morgan fingerprint density at radius 1 is 1.26 bits per heavy atom. The summed E-state index contributed by atoms with van der Waals surface area (Å²) in [5.41, 5.74) is -0.382. The molecule has 3 rings (SSSR count). The minimum atomic E-state index is -3.43. The first-order valence-electron chi connectivity index (χ1n) is 10.9. The molecule has 1 aromatic rings. The van der Waals surface area contributed by atoms with E-state index in [-0.39, 0.29) is 17.1 Å². The molecule has 2 aliphatic rings. The van der Waals surface area contributed by atoms with Gasteiger partial charge in [-0.05, 0) is 61.6 Å². The molecule has 1 saturated heterocycles. The number of allylic oxidation sites excluding steroid dienone is 1. The molecule has 2 fully saturated rings. The number of urea groups is 1. The summed E-state index contributed by atoms with van der Waals surface area (Å²) in [7, 11) is -3.43. The number of rotatable bonds is 11. The summed E-state index contributed by atoms with van der Waals surface area (Å²) in [6, 6.07) is 6.40. The van der Waals surface area contributed by atoms with Crippen LogP contribution in [0.15, 0.2) is 41.4 Å². The molecule has 1 N–H and O–H groups in total. The summed E-state index contributed by atoms with van der Waals surface area (Å²) >= 11 is 0. The summed E-state index contributed by atoms with van der Waals surface area (Å²) in [6.45, 7) is 4.96. The van der Waals surface area contributed by atoms with Gasteiger partial charge in [-0.15, -0.1) is 0 Å². The van der Waals surface area contributed by atoms with Gasteiger partial charge in [0.15, 0.2) is 9.84 Å². The van der Waals surface area contributed by atoms with Gasteiger partial charge in [-0.3, -0.25) is 10.1 Å². The molecule has 0 unspecified atom stereocenters. The molecule has 170 valence electrons. The highest BCUT2D eigenvalue weighted by Gasteiger charge is 2.28. The predicted molar refractivity (Wildman–Crippen MR) is 118 cm³/mol. The van der Waals surface area contributed by atoms with E-state index in [2.05, 4.69) is 5.32 Å². The quantitative estimate of drug-likeness (QED) is 0.518. The van der Waals surface area contributed by atoms with Gasteiger partial charge < -0.3 is 9.64 Å². The topological polar surface area (TPSA) is 92.8 Å². The first-order valence-corrected chi connectivity index (χ1v) is 12.5. The van der Waals surface area contributed by atoms with Crippen molar-refractivity contribution < 1.29 is 22.7 Å². The molecule has 1 aliphatic carbocycles. The van der Waals surface area contributed by atoms with E-state index in [0.717, 1.165) is 19.3 Å². The van der Waals surface area contributed by atoms with E-state index >= 15 is 0 Å². The molecule has 0 spiro atoms. The molecule has 1 aromatic carbocycles. The molecule has 8 heteroatoms. The van der Waals surface area contributed by atoms with E-state index in [0.29, 0.717) is 36.1 Å². The lowest BCUT2D eigenvalue weighted by Crippen LogP contribution is -2.46. The van der Waals surface area contributed by atoms with Crippen molar-refractivity contribution in [3.8, 4) is 5.75 Å². The van der Waals surface area contributed by atoms with Crippen LogP contribution in [0.25, 0.3) is 0 Å². The number of sulfone groups is 1. The van der Waals surface area contributed by atoms with Gasteiger partial charge in [0.1, 0.15) is 5.75 Å². The molecular formula is C23H32N2O5S. The average Bonchev–Trinajstić information content (AvgIpc) is 3.51. The minimum absolute atomic E-state index is 0.0619. The van der Waals surface area contributed by atoms with Crippen molar-refractivity contribution >= 4 is 21.8 Å². The van der Waals surface area contributed by atoms with Gasteiger partial charge in [-0.1, -0.05) is 26.0 Å². The fraction of sp³-hybridized carbons (Fsp3) is 0.565. The third-order valence-corrected chi connectivity index (χ3v) is 7.66. The maximum atomic E-state index is 13.0. The van der Waals surface area contributed by atoms with Gasteiger partial charge in [-0.25, -0.2) is 13.2 Å². The number of amides is 3. The lowest BCUT2D eigenvalue weighted by atomic mass is 9.89. The van der Waals surface area contributed by atoms with Crippen LogP contribution >= 0.6 is 0 Å². The Balaban J connectivity index is 1.47. The van der Waals surface area contributed by atoms with Gasteiger partial charge in [0, 0.05) is 19.2 Å². The average molecular weight is 449 g/mol. The summed E-state index contributed by atoms with van der Waals surface area (Å²) in [5.74, 6) is 1.03. The van der Waals surface area contributed by atoms with Crippen molar-refractivity contribution in [2.45, 2.75) is 57.3 Å². The van der Waals surface area contributed by atoms with E-state index < -0.39 is 15.9 Å². The Kier molecular flexibility index (Phi) is 7.41. The summed E-state index contributed by atoms with van der Waals surface area (Å²) < 4.78 is 31.6. The SMILES string of the molecule is CC(C)(CCC/C=C/N1CCC(=O)NC1=O)CS(=O)(=O)c1cccc(OCC2CC2)c1. The molecule has 0 radical (unpaired) electrons. The Morgan fingerprint density at radius 2 is 2.03 bits per heavy atom. The molecule has 3 amide bonds. The highest BCUT2D eigenvalue weighted by molar-refractivity contribution is 7.91. The number of nitrogens with one attached hydrogen (secondary N) is 1. The van der Waals surface area contributed by atoms with Crippen LogP contribution in [-0.2, 0) is 14.6 Å². The second-order valence-electron chi connectivity index (χ2n) is 9.23. The molecule has 1 heterocycles. The van der Waals surface area contributed by atoms with E-state index in [1.54, 1.807) is 30.5 Å². The van der Waals surface area contributed by atoms with E-state index in [1.165, 1.54) is 17.7 Å². The molecule has 0 atom stereocenters. The lowest BCUT2D eigenvalue weighted by molar-refractivity contribution is -0.121. The lowest BCUT2D eigenvalue weighted by Gasteiger charge is -2.24. The molecule has 1 aliphatic heterocycles. The van der Waals surface area contributed by atoms with Gasteiger partial charge >= 0.3 is 6.03 Å². The number of hydrogen-bond donors (Lipinski definition) is 1. The molecular weight excluding hydrogens is 416 g/mol. The zero-order chi connectivity index (χ0) is 22.5. The standard InChI is InChI=1S/C23H32N2O5S/c1-23(2,12-4-3-5-13-25-14-11-21(26)24-22(25)27)17-31(28,29)20-8-6-7-19(15-20)30-16-18-9-10-18/h5-8,13,15,18H,3-4,9-12,14,16-17H2,1-2H3,(H,24,26,27)/b13-5+. The highest BCUT2D eigenvalue weighted by Crippen LogP contribution is 2.31. The van der Waals surface area contributed by atoms with Crippen molar-refractivity contribution in [2.75, 3.05) is 18.9 Å². The fourth-order valence-corrected chi connectivity index (χ4v) is 5.47. The number of carbonyl (C=O) groups is 2. The second-order valence-corrected chi connectivity index (χ2v) is 11.2. The summed E-state index contributed by atoms with van der Waals surface area (Å²) in [4.78, 5) is 24.6. The fourth-order valence-electron chi connectivity index (χ4n) is 3.55. The van der Waals surface area contributed by atoms with Crippen LogP contribution in [0.2, 0.25) is 0 Å². The van der Waals surface area contributed by atoms with Crippen molar-refractivity contribution in [2.24, 2.45) is 11.3 Å². The third-order valence-electron chi connectivity index (χ3n) is 5.52. The Bertz CT molecular complexity index is 935. The summed E-state index contributed by atoms with van der Waals surface area (Å²) in [5, 5.41) is 2.28. The number of nitrogens with zero attached hydrogens (tertiary/aromatic N) is 1. The smallest absolute Gasteiger partial charge is 0.328 e. The van der Waals surface area contributed by atoms with Crippen LogP contribution in [0.4, 0.5) is 4.79 Å². The zero-order valence-corrected chi connectivity index (χ0v) is 19.1. The van der Waals surface area contributed by atoms with E-state index in [4.69, 9.17) is 4.74 Å². The van der Waals surface area contributed by atoms with Gasteiger partial charge in [-0.2, -0.15) is 0 Å². The third kappa shape index (κ3) is 7.38. The van der Waals surface area contributed by atoms with Crippen molar-refractivity contribution in [1.82, 2.24) is 10.2 Å². The highest BCUT2D eigenvalue weighted by atomic mass is 32.2. The van der Waals surface area contributed by atoms with E-state index in [1.807, 2.05) is 19.9 Å². The van der Waals surface area contributed by atoms with Crippen LogP contribution in [0, 0.1) is 11.3 Å². The van der Waals surface area contributed by atoms with Crippen molar-refractivity contribution in [3.63, 3.8) is 0 Å². The zero-order valence-electron chi connectivity index (χ0n) is 18.3. The number of ether oxygens (including phenoxy) is 1. The first kappa shape index (κ1) is 23.3.